The number of aliphatic hydroxyl groups excluding tert-OH is 2. The number of ether oxygens (including phenoxy) is 1. The molecule has 5 heteroatoms. The lowest BCUT2D eigenvalue weighted by Crippen LogP contribution is -2.15. The second-order valence-corrected chi connectivity index (χ2v) is 7.85. The maximum absolute atomic E-state index is 12.0. The molecule has 2 atom stereocenters. The molecule has 0 saturated heterocycles. The molecule has 1 aliphatic heterocycles. The molecule has 156 valence electrons. The minimum Gasteiger partial charge on any atom is -0.507 e. The summed E-state index contributed by atoms with van der Waals surface area (Å²) in [5.74, 6) is -0.754. The summed E-state index contributed by atoms with van der Waals surface area (Å²) in [4.78, 5) is 23.6. The van der Waals surface area contributed by atoms with Crippen molar-refractivity contribution in [2.45, 2.75) is 103 Å². The second kappa shape index (κ2) is 13.8. The number of ketones is 1. The number of cyclic esters (lactones) is 1. The van der Waals surface area contributed by atoms with E-state index in [0.717, 1.165) is 18.8 Å². The Labute approximate surface area is 164 Å². The van der Waals surface area contributed by atoms with E-state index in [2.05, 4.69) is 13.8 Å². The smallest absolute Gasteiger partial charge is 0.346 e. The van der Waals surface area contributed by atoms with Crippen LogP contribution in [0, 0.1) is 5.92 Å². The molecule has 27 heavy (non-hydrogen) atoms. The fraction of sp³-hybridized carbons (Fsp3) is 0.818. The molecule has 0 fully saturated rings. The first kappa shape index (κ1) is 23.7. The van der Waals surface area contributed by atoms with E-state index >= 15 is 0 Å². The average Bonchev–Trinajstić information content (AvgIpc) is 2.95. The van der Waals surface area contributed by atoms with Gasteiger partial charge in [-0.15, -0.1) is 0 Å². The van der Waals surface area contributed by atoms with E-state index in [-0.39, 0.29) is 17.8 Å². The van der Waals surface area contributed by atoms with E-state index in [9.17, 15) is 14.7 Å². The lowest BCUT2D eigenvalue weighted by atomic mass is 9.99. The van der Waals surface area contributed by atoms with Crippen LogP contribution in [0.1, 0.15) is 97.3 Å². The summed E-state index contributed by atoms with van der Waals surface area (Å²) < 4.78 is 4.75. The van der Waals surface area contributed by atoms with E-state index in [1.165, 1.54) is 57.8 Å². The Hall–Kier alpha value is -1.36. The summed E-state index contributed by atoms with van der Waals surface area (Å²) in [6.45, 7) is 4.08. The van der Waals surface area contributed by atoms with E-state index in [4.69, 9.17) is 9.84 Å². The standard InChI is InChI=1S/C22H38O5/c1-3-17(2)14-12-10-8-6-4-5-7-9-11-13-15-18(24)20-21(25)19(16-23)27-22(20)26/h17,19,23,25H,3-16H2,1-2H3/t17-,19-/m0/s1. The topological polar surface area (TPSA) is 83.8 Å². The number of unbranched alkanes of at least 4 members (excludes halogenated alkanes) is 9. The van der Waals surface area contributed by atoms with Gasteiger partial charge in [0, 0.05) is 6.42 Å². The van der Waals surface area contributed by atoms with Gasteiger partial charge in [0.05, 0.1) is 6.61 Å². The highest BCUT2D eigenvalue weighted by molar-refractivity contribution is 6.19. The average molecular weight is 383 g/mol. The first-order valence-electron chi connectivity index (χ1n) is 10.8. The van der Waals surface area contributed by atoms with Crippen LogP contribution in [0.15, 0.2) is 11.3 Å². The Morgan fingerprint density at radius 1 is 1.00 bits per heavy atom. The quantitative estimate of drug-likeness (QED) is 0.223. The molecule has 1 rings (SSSR count). The van der Waals surface area contributed by atoms with Crippen LogP contribution >= 0.6 is 0 Å². The van der Waals surface area contributed by atoms with Gasteiger partial charge >= 0.3 is 5.97 Å². The van der Waals surface area contributed by atoms with Crippen molar-refractivity contribution in [3.05, 3.63) is 11.3 Å². The summed E-state index contributed by atoms with van der Waals surface area (Å²) in [6.07, 6.45) is 13.7. The number of carbonyl (C=O) groups is 2. The van der Waals surface area contributed by atoms with Gasteiger partial charge < -0.3 is 14.9 Å². The van der Waals surface area contributed by atoms with Gasteiger partial charge in [0.1, 0.15) is 5.57 Å². The Morgan fingerprint density at radius 3 is 2.00 bits per heavy atom. The Morgan fingerprint density at radius 2 is 1.52 bits per heavy atom. The largest absolute Gasteiger partial charge is 0.507 e. The summed E-state index contributed by atoms with van der Waals surface area (Å²) in [7, 11) is 0. The normalized spacial score (nSPS) is 18.0. The first-order chi connectivity index (χ1) is 13.0. The number of esters is 1. The van der Waals surface area contributed by atoms with Gasteiger partial charge in [-0.1, -0.05) is 84.5 Å². The Balaban J connectivity index is 1.98. The van der Waals surface area contributed by atoms with Crippen LogP contribution < -0.4 is 0 Å². The summed E-state index contributed by atoms with van der Waals surface area (Å²) in [6, 6.07) is 0. The number of rotatable bonds is 16. The van der Waals surface area contributed by atoms with Gasteiger partial charge in [-0.05, 0) is 12.3 Å². The van der Waals surface area contributed by atoms with Crippen molar-refractivity contribution in [1.29, 1.82) is 0 Å². The zero-order chi connectivity index (χ0) is 20.1. The van der Waals surface area contributed by atoms with Crippen molar-refractivity contribution >= 4 is 11.8 Å². The van der Waals surface area contributed by atoms with Crippen LogP contribution in [0.5, 0.6) is 0 Å². The highest BCUT2D eigenvalue weighted by Crippen LogP contribution is 2.23. The van der Waals surface area contributed by atoms with Crippen molar-refractivity contribution in [3.8, 4) is 0 Å². The van der Waals surface area contributed by atoms with Gasteiger partial charge in [-0.25, -0.2) is 4.79 Å². The van der Waals surface area contributed by atoms with Crippen LogP contribution in [0.2, 0.25) is 0 Å². The van der Waals surface area contributed by atoms with Gasteiger partial charge in [-0.3, -0.25) is 4.79 Å². The summed E-state index contributed by atoms with van der Waals surface area (Å²) in [5.41, 5.74) is -0.276. The molecule has 0 unspecified atom stereocenters. The number of hydrogen-bond donors (Lipinski definition) is 2. The maximum atomic E-state index is 12.0. The van der Waals surface area contributed by atoms with Crippen LogP contribution in [0.25, 0.3) is 0 Å². The van der Waals surface area contributed by atoms with Crippen LogP contribution in [-0.4, -0.2) is 34.7 Å². The molecule has 2 N–H and O–H groups in total. The monoisotopic (exact) mass is 382 g/mol. The van der Waals surface area contributed by atoms with Gasteiger partial charge in [-0.2, -0.15) is 0 Å². The zero-order valence-corrected chi connectivity index (χ0v) is 17.2. The third-order valence-electron chi connectivity index (χ3n) is 5.51. The Bertz CT molecular complexity index is 483. The van der Waals surface area contributed by atoms with Crippen molar-refractivity contribution in [2.24, 2.45) is 5.92 Å². The number of aliphatic hydroxyl groups is 2. The van der Waals surface area contributed by atoms with E-state index < -0.39 is 24.4 Å². The molecular formula is C22H38O5. The fourth-order valence-corrected chi connectivity index (χ4v) is 3.41. The predicted octanol–water partition coefficient (Wildman–Crippen LogP) is 5.01. The number of Topliss-reactive ketones (excluding diaryl/α,β-unsaturated/α-hetero) is 1. The molecule has 0 bridgehead atoms. The molecule has 0 saturated carbocycles. The SMILES string of the molecule is CC[C@H](C)CCCCCCCCCCCCC(=O)C1=C(O)[C@H](CO)OC1=O. The highest BCUT2D eigenvalue weighted by atomic mass is 16.6. The molecule has 0 aromatic carbocycles. The molecule has 1 aliphatic rings. The maximum Gasteiger partial charge on any atom is 0.346 e. The fourth-order valence-electron chi connectivity index (χ4n) is 3.41. The summed E-state index contributed by atoms with van der Waals surface area (Å²) in [5, 5.41) is 18.7. The van der Waals surface area contributed by atoms with Crippen LogP contribution in [0.4, 0.5) is 0 Å². The molecule has 5 nitrogen and oxygen atoms in total. The molecule has 0 aromatic heterocycles. The van der Waals surface area contributed by atoms with Gasteiger partial charge in [0.25, 0.3) is 0 Å². The van der Waals surface area contributed by atoms with Crippen molar-refractivity contribution in [3.63, 3.8) is 0 Å². The van der Waals surface area contributed by atoms with E-state index in [1.807, 2.05) is 0 Å². The molecule has 0 amide bonds. The molecule has 0 spiro atoms. The number of carbonyl (C=O) groups excluding carboxylic acids is 2. The van der Waals surface area contributed by atoms with Gasteiger partial charge in [0.2, 0.25) is 0 Å². The Kier molecular flexibility index (Phi) is 12.1. The third kappa shape index (κ3) is 8.91. The second-order valence-electron chi connectivity index (χ2n) is 7.85. The lowest BCUT2D eigenvalue weighted by molar-refractivity contribution is -0.142. The molecule has 0 aromatic rings. The molecular weight excluding hydrogens is 344 g/mol. The minimum atomic E-state index is -1.08. The predicted molar refractivity (Wildman–Crippen MR) is 106 cm³/mol. The van der Waals surface area contributed by atoms with Crippen molar-refractivity contribution < 1.29 is 24.5 Å². The molecule has 0 radical (unpaired) electrons. The lowest BCUT2D eigenvalue weighted by Gasteiger charge is -2.07. The number of hydrogen-bond acceptors (Lipinski definition) is 5. The first-order valence-corrected chi connectivity index (χ1v) is 10.8. The third-order valence-corrected chi connectivity index (χ3v) is 5.51. The minimum absolute atomic E-state index is 0.239. The molecule has 1 heterocycles. The van der Waals surface area contributed by atoms with Crippen LogP contribution in [-0.2, 0) is 14.3 Å². The van der Waals surface area contributed by atoms with Crippen molar-refractivity contribution in [2.75, 3.05) is 6.61 Å². The van der Waals surface area contributed by atoms with Crippen molar-refractivity contribution in [1.82, 2.24) is 0 Å². The zero-order valence-electron chi connectivity index (χ0n) is 17.2. The highest BCUT2D eigenvalue weighted by Gasteiger charge is 2.37. The summed E-state index contributed by atoms with van der Waals surface area (Å²) >= 11 is 0. The van der Waals surface area contributed by atoms with Gasteiger partial charge in [0.15, 0.2) is 17.6 Å². The molecule has 0 aliphatic carbocycles. The van der Waals surface area contributed by atoms with E-state index in [1.54, 1.807) is 0 Å². The van der Waals surface area contributed by atoms with E-state index in [0.29, 0.717) is 6.42 Å². The van der Waals surface area contributed by atoms with Crippen LogP contribution in [0.3, 0.4) is 0 Å².